The molecule has 0 saturated heterocycles. The number of aromatic nitrogens is 2. The minimum atomic E-state index is -0.0477. The molecule has 4 bridgehead atoms. The molecule has 4 aliphatic rings. The third-order valence-corrected chi connectivity index (χ3v) is 8.77. The van der Waals surface area contributed by atoms with E-state index in [4.69, 9.17) is 5.10 Å². The Kier molecular flexibility index (Phi) is 5.66. The SMILES string of the molecule is CCN(CC)c1ccc(NC(=O)c2cn(-c3ccccc3)nc2C23CC4CC(CC(C4)C2)C3)cc1. The normalized spacial score (nSPS) is 26.6. The first-order valence-corrected chi connectivity index (χ1v) is 13.4. The molecule has 1 amide bonds. The lowest BCUT2D eigenvalue weighted by atomic mass is 9.48. The number of amides is 1. The average Bonchev–Trinajstić information content (AvgIpc) is 3.33. The van der Waals surface area contributed by atoms with Gasteiger partial charge in [-0.2, -0.15) is 5.10 Å². The molecule has 5 nitrogen and oxygen atoms in total. The zero-order valence-electron chi connectivity index (χ0n) is 20.9. The first-order chi connectivity index (χ1) is 17.1. The highest BCUT2D eigenvalue weighted by Gasteiger charge is 2.53. The molecule has 2 aromatic carbocycles. The van der Waals surface area contributed by atoms with Gasteiger partial charge < -0.3 is 10.2 Å². The van der Waals surface area contributed by atoms with Crippen LogP contribution in [-0.4, -0.2) is 28.8 Å². The van der Waals surface area contributed by atoms with Gasteiger partial charge in [0.15, 0.2) is 0 Å². The first kappa shape index (κ1) is 22.4. The smallest absolute Gasteiger partial charge is 0.259 e. The third kappa shape index (κ3) is 4.05. The fourth-order valence-electron chi connectivity index (χ4n) is 7.59. The van der Waals surface area contributed by atoms with Crippen LogP contribution in [0.5, 0.6) is 0 Å². The van der Waals surface area contributed by atoms with E-state index in [0.29, 0.717) is 0 Å². The van der Waals surface area contributed by atoms with E-state index in [2.05, 4.69) is 48.3 Å². The minimum Gasteiger partial charge on any atom is -0.372 e. The molecule has 4 saturated carbocycles. The van der Waals surface area contributed by atoms with Crippen molar-refractivity contribution in [2.45, 2.75) is 57.8 Å². The summed E-state index contributed by atoms with van der Waals surface area (Å²) in [6.07, 6.45) is 9.64. The van der Waals surface area contributed by atoms with E-state index >= 15 is 0 Å². The van der Waals surface area contributed by atoms with Crippen molar-refractivity contribution in [3.05, 3.63) is 72.1 Å². The molecule has 0 radical (unpaired) electrons. The molecule has 0 unspecified atom stereocenters. The summed E-state index contributed by atoms with van der Waals surface area (Å²) in [5.74, 6) is 2.35. The molecule has 182 valence electrons. The molecule has 7 rings (SSSR count). The molecule has 0 spiro atoms. The van der Waals surface area contributed by atoms with Crippen molar-refractivity contribution in [3.8, 4) is 5.69 Å². The van der Waals surface area contributed by atoms with Crippen LogP contribution in [0.1, 0.15) is 68.4 Å². The van der Waals surface area contributed by atoms with Crippen LogP contribution in [0.15, 0.2) is 60.8 Å². The lowest BCUT2D eigenvalue weighted by Gasteiger charge is -2.56. The van der Waals surface area contributed by atoms with E-state index in [0.717, 1.165) is 53.5 Å². The maximum absolute atomic E-state index is 13.7. The number of nitrogens with one attached hydrogen (secondary N) is 1. The molecule has 35 heavy (non-hydrogen) atoms. The van der Waals surface area contributed by atoms with Crippen molar-refractivity contribution in [1.82, 2.24) is 9.78 Å². The zero-order chi connectivity index (χ0) is 24.0. The fraction of sp³-hybridized carbons (Fsp3) is 0.467. The van der Waals surface area contributed by atoms with Crippen LogP contribution in [0.3, 0.4) is 0 Å². The van der Waals surface area contributed by atoms with Gasteiger partial charge in [0.1, 0.15) is 0 Å². The third-order valence-electron chi connectivity index (χ3n) is 8.77. The molecule has 0 atom stereocenters. The summed E-state index contributed by atoms with van der Waals surface area (Å²) in [5, 5.41) is 8.33. The number of carbonyl (C=O) groups excluding carboxylic acids is 1. The number of benzene rings is 2. The Morgan fingerprint density at radius 1 is 0.943 bits per heavy atom. The van der Waals surface area contributed by atoms with Crippen molar-refractivity contribution in [2.75, 3.05) is 23.3 Å². The molecule has 4 aliphatic carbocycles. The van der Waals surface area contributed by atoms with Gasteiger partial charge in [-0.3, -0.25) is 4.79 Å². The summed E-state index contributed by atoms with van der Waals surface area (Å²) >= 11 is 0. The Morgan fingerprint density at radius 2 is 1.54 bits per heavy atom. The summed E-state index contributed by atoms with van der Waals surface area (Å²) in [7, 11) is 0. The molecular weight excluding hydrogens is 432 g/mol. The van der Waals surface area contributed by atoms with Crippen LogP contribution in [0.25, 0.3) is 5.69 Å². The van der Waals surface area contributed by atoms with Gasteiger partial charge in [0.25, 0.3) is 5.91 Å². The van der Waals surface area contributed by atoms with Crippen molar-refractivity contribution in [2.24, 2.45) is 17.8 Å². The number of hydrogen-bond donors (Lipinski definition) is 1. The number of hydrogen-bond acceptors (Lipinski definition) is 3. The van der Waals surface area contributed by atoms with Crippen LogP contribution in [0.4, 0.5) is 11.4 Å². The monoisotopic (exact) mass is 468 g/mol. The van der Waals surface area contributed by atoms with E-state index in [1.165, 1.54) is 44.2 Å². The highest BCUT2D eigenvalue weighted by Crippen LogP contribution is 2.60. The Bertz CT molecular complexity index is 1160. The lowest BCUT2D eigenvalue weighted by molar-refractivity contribution is -0.00765. The minimum absolute atomic E-state index is 0.0477. The van der Waals surface area contributed by atoms with Gasteiger partial charge in [-0.05, 0) is 107 Å². The average molecular weight is 469 g/mol. The second-order valence-electron chi connectivity index (χ2n) is 11.0. The van der Waals surface area contributed by atoms with Crippen molar-refractivity contribution in [1.29, 1.82) is 0 Å². The highest BCUT2D eigenvalue weighted by molar-refractivity contribution is 6.05. The van der Waals surface area contributed by atoms with Crippen LogP contribution in [-0.2, 0) is 5.41 Å². The van der Waals surface area contributed by atoms with Crippen molar-refractivity contribution in [3.63, 3.8) is 0 Å². The quantitative estimate of drug-likeness (QED) is 0.434. The second kappa shape index (κ2) is 8.85. The van der Waals surface area contributed by atoms with Crippen LogP contribution >= 0.6 is 0 Å². The van der Waals surface area contributed by atoms with E-state index in [9.17, 15) is 4.79 Å². The molecule has 0 aliphatic heterocycles. The molecular formula is C30H36N4O. The van der Waals surface area contributed by atoms with Gasteiger partial charge in [-0.15, -0.1) is 0 Å². The Balaban J connectivity index is 1.34. The number of para-hydroxylation sites is 1. The van der Waals surface area contributed by atoms with E-state index in [1.54, 1.807) is 0 Å². The number of nitrogens with zero attached hydrogens (tertiary/aromatic N) is 3. The first-order valence-electron chi connectivity index (χ1n) is 13.4. The van der Waals surface area contributed by atoms with Crippen molar-refractivity contribution < 1.29 is 4.79 Å². The highest BCUT2D eigenvalue weighted by atomic mass is 16.1. The van der Waals surface area contributed by atoms with Crippen LogP contribution < -0.4 is 10.2 Å². The number of rotatable bonds is 7. The molecule has 3 aromatic rings. The summed E-state index contributed by atoms with van der Waals surface area (Å²) in [6, 6.07) is 18.4. The lowest BCUT2D eigenvalue weighted by Crippen LogP contribution is -2.49. The Morgan fingerprint density at radius 3 is 2.11 bits per heavy atom. The fourth-order valence-corrected chi connectivity index (χ4v) is 7.59. The zero-order valence-corrected chi connectivity index (χ0v) is 20.9. The van der Waals surface area contributed by atoms with Gasteiger partial charge in [-0.25, -0.2) is 4.68 Å². The summed E-state index contributed by atoms with van der Waals surface area (Å²) in [6.45, 7) is 6.26. The van der Waals surface area contributed by atoms with Crippen molar-refractivity contribution >= 4 is 17.3 Å². The second-order valence-corrected chi connectivity index (χ2v) is 11.0. The molecule has 1 N–H and O–H groups in total. The number of anilines is 2. The largest absolute Gasteiger partial charge is 0.372 e. The van der Waals surface area contributed by atoms with Gasteiger partial charge in [0.2, 0.25) is 0 Å². The molecule has 5 heteroatoms. The summed E-state index contributed by atoms with van der Waals surface area (Å²) in [5.41, 5.74) is 4.82. The van der Waals surface area contributed by atoms with Gasteiger partial charge in [-0.1, -0.05) is 18.2 Å². The van der Waals surface area contributed by atoms with E-state index in [1.807, 2.05) is 41.2 Å². The van der Waals surface area contributed by atoms with Crippen LogP contribution in [0, 0.1) is 17.8 Å². The molecule has 1 aromatic heterocycles. The predicted molar refractivity (Wildman–Crippen MR) is 141 cm³/mol. The summed E-state index contributed by atoms with van der Waals surface area (Å²) in [4.78, 5) is 16.0. The van der Waals surface area contributed by atoms with E-state index in [-0.39, 0.29) is 11.3 Å². The maximum Gasteiger partial charge on any atom is 0.259 e. The van der Waals surface area contributed by atoms with Gasteiger partial charge in [0, 0.05) is 36.1 Å². The predicted octanol–water partition coefficient (Wildman–Crippen LogP) is 6.44. The van der Waals surface area contributed by atoms with Crippen LogP contribution in [0.2, 0.25) is 0 Å². The number of carbonyl (C=O) groups is 1. The molecule has 1 heterocycles. The Hall–Kier alpha value is -3.08. The topological polar surface area (TPSA) is 50.2 Å². The maximum atomic E-state index is 13.7. The molecule has 4 fully saturated rings. The van der Waals surface area contributed by atoms with Gasteiger partial charge >= 0.3 is 0 Å². The Labute approximate surface area is 208 Å². The summed E-state index contributed by atoms with van der Waals surface area (Å²) < 4.78 is 1.92. The standard InChI is InChI=1S/C30H36N4O/c1-3-33(4-2)25-12-10-24(11-13-25)31-29(35)27-20-34(26-8-6-5-7-9-26)32-28(27)30-17-21-14-22(18-30)16-23(15-21)19-30/h5-13,20-23H,3-4,14-19H2,1-2H3,(H,31,35). The van der Waals surface area contributed by atoms with Gasteiger partial charge in [0.05, 0.1) is 16.9 Å². The van der Waals surface area contributed by atoms with E-state index < -0.39 is 0 Å².